The number of ether oxygens (including phenoxy) is 1. The molecule has 0 aliphatic carbocycles. The minimum Gasteiger partial charge on any atom is -0.446 e. The van der Waals surface area contributed by atoms with Gasteiger partial charge in [0.15, 0.2) is 5.05 Å². The molecule has 0 aliphatic heterocycles. The summed E-state index contributed by atoms with van der Waals surface area (Å²) in [6, 6.07) is 9.44. The first-order valence-corrected chi connectivity index (χ1v) is 4.03. The van der Waals surface area contributed by atoms with Crippen LogP contribution in [-0.4, -0.2) is 5.05 Å². The van der Waals surface area contributed by atoms with E-state index in [4.69, 9.17) is 17.0 Å². The Bertz CT molecular complexity index is 290. The molecular formula is C10H10OS. The fraction of sp³-hybridized carbons (Fsp3) is 0.100. The molecule has 0 saturated heterocycles. The minimum atomic E-state index is 0.446. The Morgan fingerprint density at radius 1 is 1.33 bits per heavy atom. The Hall–Kier alpha value is -1.15. The van der Waals surface area contributed by atoms with Crippen LogP contribution in [0.25, 0.3) is 0 Å². The van der Waals surface area contributed by atoms with E-state index in [0.717, 1.165) is 11.3 Å². The Labute approximate surface area is 77.7 Å². The Balaban J connectivity index is 2.65. The normalized spacial score (nSPS) is 9.08. The van der Waals surface area contributed by atoms with E-state index >= 15 is 0 Å². The van der Waals surface area contributed by atoms with Crippen LogP contribution < -0.4 is 4.74 Å². The highest BCUT2D eigenvalue weighted by Gasteiger charge is 1.98. The van der Waals surface area contributed by atoms with Crippen molar-refractivity contribution in [1.82, 2.24) is 0 Å². The van der Waals surface area contributed by atoms with Gasteiger partial charge in [0, 0.05) is 0 Å². The monoisotopic (exact) mass is 178 g/mol. The number of hydrogen-bond donors (Lipinski definition) is 0. The Morgan fingerprint density at radius 2 is 1.92 bits per heavy atom. The summed E-state index contributed by atoms with van der Waals surface area (Å²) in [5, 5.41) is 0.446. The van der Waals surface area contributed by atoms with Gasteiger partial charge in [-0.2, -0.15) is 0 Å². The average Bonchev–Trinajstić information content (AvgIpc) is 2.06. The third kappa shape index (κ3) is 2.47. The van der Waals surface area contributed by atoms with Gasteiger partial charge < -0.3 is 4.74 Å². The van der Waals surface area contributed by atoms with Gasteiger partial charge in [-0.15, -0.1) is 0 Å². The van der Waals surface area contributed by atoms with Gasteiger partial charge >= 0.3 is 0 Å². The van der Waals surface area contributed by atoms with Crippen molar-refractivity contribution in [3.05, 3.63) is 42.5 Å². The molecule has 0 fully saturated rings. The summed E-state index contributed by atoms with van der Waals surface area (Å²) in [4.78, 5) is 0. The summed E-state index contributed by atoms with van der Waals surface area (Å²) < 4.78 is 5.31. The molecule has 62 valence electrons. The molecule has 0 radical (unpaired) electrons. The van der Waals surface area contributed by atoms with Crippen LogP contribution in [0.4, 0.5) is 0 Å². The fourth-order valence-electron chi connectivity index (χ4n) is 0.683. The predicted molar refractivity (Wildman–Crippen MR) is 54.5 cm³/mol. The zero-order valence-electron chi connectivity index (χ0n) is 6.91. The highest BCUT2D eigenvalue weighted by atomic mass is 32.1. The summed E-state index contributed by atoms with van der Waals surface area (Å²) in [7, 11) is 0. The predicted octanol–water partition coefficient (Wildman–Crippen LogP) is 2.97. The first-order chi connectivity index (χ1) is 5.70. The van der Waals surface area contributed by atoms with Crippen molar-refractivity contribution < 1.29 is 4.74 Å². The molecule has 2 heteroatoms. The van der Waals surface area contributed by atoms with Crippen LogP contribution in [-0.2, 0) is 0 Å². The second-order valence-electron chi connectivity index (χ2n) is 2.48. The molecule has 12 heavy (non-hydrogen) atoms. The van der Waals surface area contributed by atoms with E-state index in [-0.39, 0.29) is 0 Å². The van der Waals surface area contributed by atoms with Gasteiger partial charge in [0.1, 0.15) is 5.75 Å². The lowest BCUT2D eigenvalue weighted by atomic mass is 10.3. The molecular weight excluding hydrogens is 168 g/mol. The number of thiocarbonyl (C=S) groups is 1. The van der Waals surface area contributed by atoms with Crippen LogP contribution in [0.2, 0.25) is 0 Å². The second kappa shape index (κ2) is 4.02. The number of para-hydroxylation sites is 1. The molecule has 0 N–H and O–H groups in total. The first-order valence-electron chi connectivity index (χ1n) is 3.63. The van der Waals surface area contributed by atoms with Gasteiger partial charge in [-0.25, -0.2) is 0 Å². The minimum absolute atomic E-state index is 0.446. The zero-order valence-corrected chi connectivity index (χ0v) is 7.73. The zero-order chi connectivity index (χ0) is 8.97. The third-order valence-electron chi connectivity index (χ3n) is 1.30. The van der Waals surface area contributed by atoms with Crippen molar-refractivity contribution in [3.63, 3.8) is 0 Å². The maximum absolute atomic E-state index is 5.31. The summed E-state index contributed by atoms with van der Waals surface area (Å²) in [5.41, 5.74) is 0.772. The van der Waals surface area contributed by atoms with Crippen LogP contribution in [0, 0.1) is 0 Å². The van der Waals surface area contributed by atoms with Gasteiger partial charge in [-0.1, -0.05) is 24.8 Å². The maximum atomic E-state index is 5.31. The molecule has 0 aromatic heterocycles. The van der Waals surface area contributed by atoms with E-state index in [1.54, 1.807) is 0 Å². The molecule has 0 saturated carbocycles. The van der Waals surface area contributed by atoms with Crippen molar-refractivity contribution >= 4 is 17.3 Å². The average molecular weight is 178 g/mol. The van der Waals surface area contributed by atoms with Crippen molar-refractivity contribution in [2.24, 2.45) is 0 Å². The number of hydrogen-bond acceptors (Lipinski definition) is 2. The van der Waals surface area contributed by atoms with E-state index in [0.29, 0.717) is 5.05 Å². The molecule has 0 amide bonds. The van der Waals surface area contributed by atoms with Crippen LogP contribution in [0.5, 0.6) is 5.75 Å². The lowest BCUT2D eigenvalue weighted by Gasteiger charge is -2.04. The number of rotatable bonds is 2. The first kappa shape index (κ1) is 8.94. The van der Waals surface area contributed by atoms with Gasteiger partial charge in [-0.3, -0.25) is 0 Å². The highest BCUT2D eigenvalue weighted by molar-refractivity contribution is 7.80. The third-order valence-corrected chi connectivity index (χ3v) is 1.73. The summed E-state index contributed by atoms with van der Waals surface area (Å²) in [6.07, 6.45) is 0. The van der Waals surface area contributed by atoms with Crippen molar-refractivity contribution in [3.8, 4) is 5.75 Å². The van der Waals surface area contributed by atoms with Crippen molar-refractivity contribution in [1.29, 1.82) is 0 Å². The topological polar surface area (TPSA) is 9.23 Å². The fourth-order valence-corrected chi connectivity index (χ4v) is 0.779. The molecule has 1 nitrogen and oxygen atoms in total. The highest BCUT2D eigenvalue weighted by Crippen LogP contribution is 2.10. The van der Waals surface area contributed by atoms with Gasteiger partial charge in [-0.05, 0) is 36.8 Å². The summed E-state index contributed by atoms with van der Waals surface area (Å²) in [6.45, 7) is 5.51. The summed E-state index contributed by atoms with van der Waals surface area (Å²) >= 11 is 4.94. The van der Waals surface area contributed by atoms with E-state index in [1.165, 1.54) is 0 Å². The van der Waals surface area contributed by atoms with Gasteiger partial charge in [0.25, 0.3) is 0 Å². The Morgan fingerprint density at radius 3 is 2.42 bits per heavy atom. The smallest absolute Gasteiger partial charge is 0.193 e. The lowest BCUT2D eigenvalue weighted by molar-refractivity contribution is 0.565. The second-order valence-corrected chi connectivity index (χ2v) is 2.85. The lowest BCUT2D eigenvalue weighted by Crippen LogP contribution is -2.04. The Kier molecular flexibility index (Phi) is 3.00. The SMILES string of the molecule is C=C(C)C(=S)Oc1ccccc1. The molecule has 1 aromatic carbocycles. The standard InChI is InChI=1S/C10H10OS/c1-8(2)10(12)11-9-6-4-3-5-7-9/h3-7H,1H2,2H3. The molecule has 0 spiro atoms. The van der Waals surface area contributed by atoms with E-state index in [9.17, 15) is 0 Å². The van der Waals surface area contributed by atoms with E-state index in [1.807, 2.05) is 37.3 Å². The molecule has 1 aromatic rings. The van der Waals surface area contributed by atoms with E-state index < -0.39 is 0 Å². The molecule has 0 bridgehead atoms. The van der Waals surface area contributed by atoms with Gasteiger partial charge in [0.05, 0.1) is 0 Å². The number of benzene rings is 1. The molecule has 0 unspecified atom stereocenters. The molecule has 1 rings (SSSR count). The van der Waals surface area contributed by atoms with Crippen molar-refractivity contribution in [2.75, 3.05) is 0 Å². The molecule has 0 atom stereocenters. The van der Waals surface area contributed by atoms with Crippen LogP contribution in [0.1, 0.15) is 6.92 Å². The quantitative estimate of drug-likeness (QED) is 0.508. The van der Waals surface area contributed by atoms with Crippen LogP contribution >= 0.6 is 12.2 Å². The summed E-state index contributed by atoms with van der Waals surface area (Å²) in [5.74, 6) is 0.755. The largest absolute Gasteiger partial charge is 0.446 e. The van der Waals surface area contributed by atoms with Crippen molar-refractivity contribution in [2.45, 2.75) is 6.92 Å². The maximum Gasteiger partial charge on any atom is 0.193 e. The van der Waals surface area contributed by atoms with Gasteiger partial charge in [0.2, 0.25) is 0 Å². The molecule has 0 aliphatic rings. The molecule has 0 heterocycles. The van der Waals surface area contributed by atoms with Crippen LogP contribution in [0.3, 0.4) is 0 Å². The van der Waals surface area contributed by atoms with E-state index in [2.05, 4.69) is 6.58 Å². The van der Waals surface area contributed by atoms with Crippen LogP contribution in [0.15, 0.2) is 42.5 Å².